The maximum Gasteiger partial charge on any atom is 0.227 e. The molecule has 3 nitrogen and oxygen atoms in total. The van der Waals surface area contributed by atoms with Crippen molar-refractivity contribution in [2.24, 2.45) is 0 Å². The van der Waals surface area contributed by atoms with E-state index in [4.69, 9.17) is 4.42 Å². The van der Waals surface area contributed by atoms with Crippen LogP contribution < -0.4 is 0 Å². The highest BCUT2D eigenvalue weighted by atomic mass is 16.4. The summed E-state index contributed by atoms with van der Waals surface area (Å²) in [7, 11) is 0. The Labute approximate surface area is 151 Å². The first-order valence-electron chi connectivity index (χ1n) is 8.59. The predicted molar refractivity (Wildman–Crippen MR) is 105 cm³/mol. The molecule has 2 heterocycles. The van der Waals surface area contributed by atoms with Crippen molar-refractivity contribution in [2.75, 3.05) is 0 Å². The van der Waals surface area contributed by atoms with E-state index in [2.05, 4.69) is 53.3 Å². The summed E-state index contributed by atoms with van der Waals surface area (Å²) in [6.07, 6.45) is 3.58. The summed E-state index contributed by atoms with van der Waals surface area (Å²) in [5, 5.41) is 3.46. The highest BCUT2D eigenvalue weighted by Gasteiger charge is 2.12. The molecular formula is C23H16N2O. The molecule has 26 heavy (non-hydrogen) atoms. The minimum absolute atomic E-state index is 0.614. The van der Waals surface area contributed by atoms with Crippen molar-refractivity contribution in [2.45, 2.75) is 6.92 Å². The van der Waals surface area contributed by atoms with Crippen LogP contribution in [-0.2, 0) is 0 Å². The van der Waals surface area contributed by atoms with Gasteiger partial charge in [-0.1, -0.05) is 54.1 Å². The van der Waals surface area contributed by atoms with Crippen LogP contribution in [0.5, 0.6) is 0 Å². The van der Waals surface area contributed by atoms with Gasteiger partial charge in [0.05, 0.1) is 11.7 Å². The lowest BCUT2D eigenvalue weighted by molar-refractivity contribution is 0.589. The van der Waals surface area contributed by atoms with Crippen molar-refractivity contribution in [3.63, 3.8) is 0 Å². The van der Waals surface area contributed by atoms with Crippen molar-refractivity contribution in [3.8, 4) is 22.8 Å². The van der Waals surface area contributed by atoms with Crippen molar-refractivity contribution in [1.29, 1.82) is 0 Å². The number of aromatic nitrogens is 2. The Kier molecular flexibility index (Phi) is 3.32. The van der Waals surface area contributed by atoms with Gasteiger partial charge in [-0.05, 0) is 35.9 Å². The molecule has 124 valence electrons. The third-order valence-corrected chi connectivity index (χ3v) is 4.67. The van der Waals surface area contributed by atoms with Gasteiger partial charge in [-0.25, -0.2) is 4.98 Å². The maximum absolute atomic E-state index is 6.10. The van der Waals surface area contributed by atoms with E-state index < -0.39 is 0 Å². The number of hydrogen-bond acceptors (Lipinski definition) is 3. The van der Waals surface area contributed by atoms with Gasteiger partial charge in [-0.15, -0.1) is 0 Å². The Balaban J connectivity index is 1.61. The van der Waals surface area contributed by atoms with Crippen LogP contribution in [0.3, 0.4) is 0 Å². The minimum Gasteiger partial charge on any atom is -0.436 e. The predicted octanol–water partition coefficient (Wildman–Crippen LogP) is 6.02. The van der Waals surface area contributed by atoms with Gasteiger partial charge in [-0.3, -0.25) is 4.98 Å². The van der Waals surface area contributed by atoms with E-state index in [1.54, 1.807) is 12.4 Å². The van der Waals surface area contributed by atoms with Crippen molar-refractivity contribution in [1.82, 2.24) is 9.97 Å². The lowest BCUT2D eigenvalue weighted by Gasteiger charge is -2.03. The summed E-state index contributed by atoms with van der Waals surface area (Å²) in [6, 6.07) is 22.8. The average molecular weight is 336 g/mol. The number of pyridine rings is 1. The van der Waals surface area contributed by atoms with E-state index in [-0.39, 0.29) is 0 Å². The fourth-order valence-corrected chi connectivity index (χ4v) is 3.33. The van der Waals surface area contributed by atoms with Gasteiger partial charge in [0, 0.05) is 22.7 Å². The number of fused-ring (bicyclic) bond motifs is 2. The SMILES string of the molecule is Cc1ccc2cc(-c3cnc(-c4ccnc5ccccc45)o3)ccc2c1. The number of nitrogens with zero attached hydrogens (tertiary/aromatic N) is 2. The molecular weight excluding hydrogens is 320 g/mol. The molecule has 0 aliphatic rings. The van der Waals surface area contributed by atoms with Crippen LogP contribution in [0.25, 0.3) is 44.5 Å². The number of aryl methyl sites for hydroxylation is 1. The zero-order valence-electron chi connectivity index (χ0n) is 14.3. The molecule has 0 aliphatic carbocycles. The number of hydrogen-bond donors (Lipinski definition) is 0. The molecule has 0 radical (unpaired) electrons. The monoisotopic (exact) mass is 336 g/mol. The molecule has 0 saturated carbocycles. The first kappa shape index (κ1) is 14.8. The van der Waals surface area contributed by atoms with Crippen molar-refractivity contribution in [3.05, 3.63) is 84.7 Å². The van der Waals surface area contributed by atoms with Gasteiger partial charge in [0.15, 0.2) is 5.76 Å². The molecule has 0 N–H and O–H groups in total. The van der Waals surface area contributed by atoms with Gasteiger partial charge in [-0.2, -0.15) is 0 Å². The molecule has 0 atom stereocenters. The molecule has 0 bridgehead atoms. The average Bonchev–Trinajstić information content (AvgIpc) is 3.17. The quantitative estimate of drug-likeness (QED) is 0.396. The molecule has 0 fully saturated rings. The number of oxazole rings is 1. The zero-order valence-corrected chi connectivity index (χ0v) is 14.3. The van der Waals surface area contributed by atoms with Gasteiger partial charge in [0.25, 0.3) is 0 Å². The first-order valence-corrected chi connectivity index (χ1v) is 8.59. The summed E-state index contributed by atoms with van der Waals surface area (Å²) < 4.78 is 6.10. The van der Waals surface area contributed by atoms with Crippen molar-refractivity contribution >= 4 is 21.7 Å². The lowest BCUT2D eigenvalue weighted by atomic mass is 10.0. The van der Waals surface area contributed by atoms with Crippen LogP contribution in [0.2, 0.25) is 0 Å². The Morgan fingerprint density at radius 2 is 1.65 bits per heavy atom. The third kappa shape index (κ3) is 2.45. The standard InChI is InChI=1S/C23H16N2O/c1-15-6-7-17-13-18(9-8-16(17)12-15)22-14-25-23(26-22)20-10-11-24-21-5-3-2-4-19(20)21/h2-14H,1H3. The smallest absolute Gasteiger partial charge is 0.227 e. The van der Waals surface area contributed by atoms with Crippen LogP contribution in [0.1, 0.15) is 5.56 Å². The normalized spacial score (nSPS) is 11.3. The van der Waals surface area contributed by atoms with Gasteiger partial charge in [0.1, 0.15) is 0 Å². The molecule has 0 saturated heterocycles. The lowest BCUT2D eigenvalue weighted by Crippen LogP contribution is -1.83. The topological polar surface area (TPSA) is 38.9 Å². The van der Waals surface area contributed by atoms with Crippen LogP contribution in [0.4, 0.5) is 0 Å². The van der Waals surface area contributed by atoms with Crippen LogP contribution >= 0.6 is 0 Å². The van der Waals surface area contributed by atoms with Crippen LogP contribution in [0, 0.1) is 6.92 Å². The highest BCUT2D eigenvalue weighted by Crippen LogP contribution is 2.31. The summed E-state index contributed by atoms with van der Waals surface area (Å²) in [5.41, 5.74) is 4.18. The molecule has 3 aromatic carbocycles. The van der Waals surface area contributed by atoms with E-state index in [1.807, 2.05) is 30.3 Å². The van der Waals surface area contributed by atoms with E-state index in [9.17, 15) is 0 Å². The van der Waals surface area contributed by atoms with Gasteiger partial charge in [0.2, 0.25) is 5.89 Å². The summed E-state index contributed by atoms with van der Waals surface area (Å²) in [4.78, 5) is 8.92. The first-order chi connectivity index (χ1) is 12.8. The highest BCUT2D eigenvalue weighted by molar-refractivity contribution is 5.92. The zero-order chi connectivity index (χ0) is 17.5. The van der Waals surface area contributed by atoms with Crippen molar-refractivity contribution < 1.29 is 4.42 Å². The molecule has 2 aromatic heterocycles. The molecule has 0 aliphatic heterocycles. The Bertz CT molecular complexity index is 1250. The van der Waals surface area contributed by atoms with Crippen LogP contribution in [-0.4, -0.2) is 9.97 Å². The molecule has 5 rings (SSSR count). The second-order valence-corrected chi connectivity index (χ2v) is 6.47. The number of benzene rings is 3. The summed E-state index contributed by atoms with van der Waals surface area (Å²) in [6.45, 7) is 2.11. The largest absolute Gasteiger partial charge is 0.436 e. The Morgan fingerprint density at radius 3 is 2.62 bits per heavy atom. The fraction of sp³-hybridized carbons (Fsp3) is 0.0435. The minimum atomic E-state index is 0.614. The second-order valence-electron chi connectivity index (χ2n) is 6.47. The molecule has 3 heteroatoms. The van der Waals surface area contributed by atoms with Gasteiger partial charge < -0.3 is 4.42 Å². The van der Waals surface area contributed by atoms with E-state index in [1.165, 1.54) is 16.3 Å². The number of rotatable bonds is 2. The summed E-state index contributed by atoms with van der Waals surface area (Å²) >= 11 is 0. The number of para-hydroxylation sites is 1. The van der Waals surface area contributed by atoms with E-state index in [0.717, 1.165) is 27.8 Å². The molecule has 5 aromatic rings. The van der Waals surface area contributed by atoms with Gasteiger partial charge >= 0.3 is 0 Å². The Morgan fingerprint density at radius 1 is 0.808 bits per heavy atom. The maximum atomic E-state index is 6.10. The third-order valence-electron chi connectivity index (χ3n) is 4.67. The molecule has 0 amide bonds. The van der Waals surface area contributed by atoms with Crippen LogP contribution in [0.15, 0.2) is 83.5 Å². The molecule has 0 spiro atoms. The van der Waals surface area contributed by atoms with E-state index >= 15 is 0 Å². The molecule has 0 unspecified atom stereocenters. The second kappa shape index (κ2) is 5.81. The van der Waals surface area contributed by atoms with E-state index in [0.29, 0.717) is 5.89 Å². The summed E-state index contributed by atoms with van der Waals surface area (Å²) in [5.74, 6) is 1.38. The fourth-order valence-electron chi connectivity index (χ4n) is 3.33. The Hall–Kier alpha value is -3.46.